The van der Waals surface area contributed by atoms with E-state index in [1.165, 1.54) is 31.9 Å². The zero-order chi connectivity index (χ0) is 20.8. The molecule has 1 aromatic heterocycles. The fourth-order valence-corrected chi connectivity index (χ4v) is 4.36. The van der Waals surface area contributed by atoms with E-state index in [0.29, 0.717) is 23.5 Å². The Hall–Kier alpha value is -1.67. The summed E-state index contributed by atoms with van der Waals surface area (Å²) in [5.41, 5.74) is 3.16. The minimum Gasteiger partial charge on any atom is -0.365 e. The summed E-state index contributed by atoms with van der Waals surface area (Å²) >= 11 is 6.42. The first-order valence-corrected chi connectivity index (χ1v) is 11.4. The Balaban J connectivity index is 1.22. The molecule has 1 unspecified atom stereocenters. The van der Waals surface area contributed by atoms with Crippen molar-refractivity contribution in [2.45, 2.75) is 57.3 Å². The zero-order valence-corrected chi connectivity index (χ0v) is 18.1. The lowest BCUT2D eigenvalue weighted by Crippen LogP contribution is -2.33. The van der Waals surface area contributed by atoms with Gasteiger partial charge in [0.2, 0.25) is 0 Å². The van der Waals surface area contributed by atoms with E-state index in [2.05, 4.69) is 20.7 Å². The maximum absolute atomic E-state index is 11.9. The van der Waals surface area contributed by atoms with E-state index >= 15 is 0 Å². The first-order valence-electron chi connectivity index (χ1n) is 11.1. The van der Waals surface area contributed by atoms with Gasteiger partial charge < -0.3 is 15.0 Å². The molecule has 0 aromatic carbocycles. The number of hydrogen-bond donors (Lipinski definition) is 2. The lowest BCUT2D eigenvalue weighted by Gasteiger charge is -2.30. The lowest BCUT2D eigenvalue weighted by atomic mass is 9.85. The summed E-state index contributed by atoms with van der Waals surface area (Å²) in [6, 6.07) is 2.19. The maximum atomic E-state index is 11.9. The van der Waals surface area contributed by atoms with Crippen molar-refractivity contribution in [3.63, 3.8) is 0 Å². The Morgan fingerprint density at radius 2 is 2.20 bits per heavy atom. The summed E-state index contributed by atoms with van der Waals surface area (Å²) in [6.07, 6.45) is 12.6. The van der Waals surface area contributed by atoms with Crippen LogP contribution in [0.2, 0.25) is 5.02 Å². The van der Waals surface area contributed by atoms with Crippen LogP contribution in [-0.4, -0.2) is 54.4 Å². The van der Waals surface area contributed by atoms with Crippen LogP contribution in [0.5, 0.6) is 0 Å². The van der Waals surface area contributed by atoms with Crippen LogP contribution in [0.25, 0.3) is 6.08 Å². The number of halogens is 1. The molecule has 4 rings (SSSR count). The van der Waals surface area contributed by atoms with Crippen molar-refractivity contribution in [3.8, 4) is 0 Å². The molecular formula is C22H31ClN4O3. The lowest BCUT2D eigenvalue weighted by molar-refractivity contribution is -0.198. The SMILES string of the molecule is O=C(/C=C/c1cnc(N[C@@H]2CCN(CC3CCC3)C2)c(Cl)c1)NOC1CCCCO1. The number of nitrogens with one attached hydrogen (secondary N) is 2. The molecule has 3 aliphatic rings. The highest BCUT2D eigenvalue weighted by Gasteiger charge is 2.27. The van der Waals surface area contributed by atoms with Crippen LogP contribution in [0.1, 0.15) is 50.5 Å². The van der Waals surface area contributed by atoms with Gasteiger partial charge in [-0.2, -0.15) is 0 Å². The number of anilines is 1. The summed E-state index contributed by atoms with van der Waals surface area (Å²) in [6.45, 7) is 4.07. The molecule has 2 saturated heterocycles. The number of hydroxylamine groups is 1. The number of likely N-dealkylation sites (tertiary alicyclic amines) is 1. The standard InChI is InChI=1S/C22H31ClN4O3/c23-19-12-17(7-8-20(28)26-30-21-6-1-2-11-29-21)13-24-22(19)25-18-9-10-27(15-18)14-16-4-3-5-16/h7-8,12-13,16,18,21H,1-6,9-11,14-15H2,(H,24,25)(H,26,28)/b8-7+/t18-,21?/m1/s1. The molecule has 0 spiro atoms. The molecule has 2 atom stereocenters. The van der Waals surface area contributed by atoms with Crippen molar-refractivity contribution in [2.75, 3.05) is 31.6 Å². The number of ether oxygens (including phenoxy) is 1. The van der Waals surface area contributed by atoms with Crippen LogP contribution in [0, 0.1) is 5.92 Å². The van der Waals surface area contributed by atoms with Crippen molar-refractivity contribution in [2.24, 2.45) is 5.92 Å². The summed E-state index contributed by atoms with van der Waals surface area (Å²) < 4.78 is 5.41. The topological polar surface area (TPSA) is 75.7 Å². The molecule has 2 N–H and O–H groups in total. The van der Waals surface area contributed by atoms with Gasteiger partial charge in [0.1, 0.15) is 5.82 Å². The van der Waals surface area contributed by atoms with E-state index in [-0.39, 0.29) is 12.2 Å². The third-order valence-electron chi connectivity index (χ3n) is 6.07. The van der Waals surface area contributed by atoms with E-state index < -0.39 is 0 Å². The number of nitrogens with zero attached hydrogens (tertiary/aromatic N) is 2. The molecular weight excluding hydrogens is 404 g/mol. The predicted molar refractivity (Wildman–Crippen MR) is 117 cm³/mol. The second-order valence-electron chi connectivity index (χ2n) is 8.50. The third kappa shape index (κ3) is 6.17. The van der Waals surface area contributed by atoms with Crippen molar-refractivity contribution < 1.29 is 14.4 Å². The van der Waals surface area contributed by atoms with Crippen LogP contribution >= 0.6 is 11.6 Å². The van der Waals surface area contributed by atoms with Gasteiger partial charge in [0.05, 0.1) is 5.02 Å². The molecule has 2 aliphatic heterocycles. The predicted octanol–water partition coefficient (Wildman–Crippen LogP) is 3.61. The quantitative estimate of drug-likeness (QED) is 0.481. The fraction of sp³-hybridized carbons (Fsp3) is 0.636. The van der Waals surface area contributed by atoms with E-state index in [4.69, 9.17) is 21.2 Å². The number of aromatic nitrogens is 1. The number of carbonyl (C=O) groups is 1. The highest BCUT2D eigenvalue weighted by molar-refractivity contribution is 6.33. The van der Waals surface area contributed by atoms with Crippen molar-refractivity contribution >= 4 is 29.4 Å². The molecule has 1 aliphatic carbocycles. The fourth-order valence-electron chi connectivity index (χ4n) is 4.13. The third-order valence-corrected chi connectivity index (χ3v) is 6.36. The molecule has 1 aromatic rings. The van der Waals surface area contributed by atoms with Gasteiger partial charge in [-0.25, -0.2) is 15.3 Å². The van der Waals surface area contributed by atoms with Crippen LogP contribution in [0.3, 0.4) is 0 Å². The smallest absolute Gasteiger partial charge is 0.267 e. The minimum atomic E-state index is -0.363. The number of carbonyl (C=O) groups excluding carboxylic acids is 1. The van der Waals surface area contributed by atoms with Crippen molar-refractivity contribution in [3.05, 3.63) is 28.9 Å². The van der Waals surface area contributed by atoms with E-state index in [1.807, 2.05) is 6.07 Å². The number of pyridine rings is 1. The van der Waals surface area contributed by atoms with Gasteiger partial charge in [0, 0.05) is 51.0 Å². The maximum Gasteiger partial charge on any atom is 0.267 e. The Morgan fingerprint density at radius 1 is 1.30 bits per heavy atom. The van der Waals surface area contributed by atoms with Gasteiger partial charge in [-0.15, -0.1) is 0 Å². The molecule has 0 radical (unpaired) electrons. The molecule has 1 saturated carbocycles. The van der Waals surface area contributed by atoms with Crippen molar-refractivity contribution in [1.29, 1.82) is 0 Å². The highest BCUT2D eigenvalue weighted by Crippen LogP contribution is 2.29. The molecule has 0 bridgehead atoms. The van der Waals surface area contributed by atoms with Gasteiger partial charge in [0.25, 0.3) is 5.91 Å². The van der Waals surface area contributed by atoms with Crippen LogP contribution < -0.4 is 10.8 Å². The van der Waals surface area contributed by atoms with Gasteiger partial charge in [-0.3, -0.25) is 4.79 Å². The molecule has 1 amide bonds. The second-order valence-corrected chi connectivity index (χ2v) is 8.91. The Bertz CT molecular complexity index is 750. The van der Waals surface area contributed by atoms with Crippen molar-refractivity contribution in [1.82, 2.24) is 15.4 Å². The zero-order valence-electron chi connectivity index (χ0n) is 17.3. The van der Waals surface area contributed by atoms with Crippen LogP contribution in [0.15, 0.2) is 18.3 Å². The summed E-state index contributed by atoms with van der Waals surface area (Å²) in [5.74, 6) is 1.25. The average molecular weight is 435 g/mol. The molecule has 30 heavy (non-hydrogen) atoms. The van der Waals surface area contributed by atoms with Gasteiger partial charge in [-0.1, -0.05) is 18.0 Å². The summed E-state index contributed by atoms with van der Waals surface area (Å²) in [7, 11) is 0. The van der Waals surface area contributed by atoms with E-state index in [9.17, 15) is 4.79 Å². The summed E-state index contributed by atoms with van der Waals surface area (Å²) in [5, 5.41) is 4.03. The van der Waals surface area contributed by atoms with Crippen LogP contribution in [0.4, 0.5) is 5.82 Å². The Labute approximate surface area is 183 Å². The monoisotopic (exact) mass is 434 g/mol. The molecule has 3 fully saturated rings. The van der Waals surface area contributed by atoms with E-state index in [1.54, 1.807) is 12.3 Å². The normalized spacial score (nSPS) is 25.4. The summed E-state index contributed by atoms with van der Waals surface area (Å²) in [4.78, 5) is 24.2. The van der Waals surface area contributed by atoms with Crippen LogP contribution in [-0.2, 0) is 14.4 Å². The molecule has 8 heteroatoms. The number of hydrogen-bond acceptors (Lipinski definition) is 6. The largest absolute Gasteiger partial charge is 0.365 e. The first kappa shape index (κ1) is 21.6. The van der Waals surface area contributed by atoms with Gasteiger partial charge >= 0.3 is 0 Å². The second kappa shape index (κ2) is 10.6. The molecule has 3 heterocycles. The van der Waals surface area contributed by atoms with E-state index in [0.717, 1.165) is 50.3 Å². The van der Waals surface area contributed by atoms with Gasteiger partial charge in [-0.05, 0) is 55.7 Å². The highest BCUT2D eigenvalue weighted by atomic mass is 35.5. The minimum absolute atomic E-state index is 0.347. The Morgan fingerprint density at radius 3 is 2.93 bits per heavy atom. The Kier molecular flexibility index (Phi) is 7.60. The number of rotatable bonds is 8. The molecule has 164 valence electrons. The average Bonchev–Trinajstić information content (AvgIpc) is 3.17. The molecule has 7 nitrogen and oxygen atoms in total. The van der Waals surface area contributed by atoms with Gasteiger partial charge in [0.15, 0.2) is 6.29 Å². The number of amides is 1. The first-order chi connectivity index (χ1) is 14.7.